The molecule has 1 N–H and O–H groups in total. The first-order valence-electron chi connectivity index (χ1n) is 6.52. The maximum atomic E-state index is 13.6. The van der Waals surface area contributed by atoms with Gasteiger partial charge in [0.25, 0.3) is 0 Å². The van der Waals surface area contributed by atoms with Crippen LogP contribution in [0.3, 0.4) is 0 Å². The maximum Gasteiger partial charge on any atom is 0.227 e. The zero-order valence-electron chi connectivity index (χ0n) is 12.1. The van der Waals surface area contributed by atoms with Gasteiger partial charge in [0.15, 0.2) is 0 Å². The molecule has 0 spiro atoms. The number of nitrogens with zero attached hydrogens (tertiary/aromatic N) is 3. The van der Waals surface area contributed by atoms with E-state index >= 15 is 0 Å². The number of ether oxygens (including phenoxy) is 1. The molecule has 0 bridgehead atoms. The number of anilines is 1. The van der Waals surface area contributed by atoms with Gasteiger partial charge in [-0.25, -0.2) is 9.37 Å². The zero-order chi connectivity index (χ0) is 15.4. The number of hydrogen-bond acceptors (Lipinski definition) is 5. The molecule has 0 aliphatic heterocycles. The van der Waals surface area contributed by atoms with E-state index in [2.05, 4.69) is 15.3 Å². The van der Waals surface area contributed by atoms with Gasteiger partial charge in [0.1, 0.15) is 34.8 Å². The lowest BCUT2D eigenvalue weighted by molar-refractivity contribution is 0.448. The molecular formula is C15H15FN4O. The van der Waals surface area contributed by atoms with Crippen LogP contribution in [0.5, 0.6) is 11.6 Å². The molecule has 0 saturated carbocycles. The van der Waals surface area contributed by atoms with Crippen LogP contribution in [-0.2, 0) is 6.42 Å². The van der Waals surface area contributed by atoms with Crippen molar-refractivity contribution < 1.29 is 9.13 Å². The Labute approximate surface area is 122 Å². The topological polar surface area (TPSA) is 70.8 Å². The third-order valence-corrected chi connectivity index (χ3v) is 2.99. The van der Waals surface area contributed by atoms with Crippen LogP contribution < -0.4 is 10.1 Å². The van der Waals surface area contributed by atoms with E-state index in [-0.39, 0.29) is 11.3 Å². The Morgan fingerprint density at radius 2 is 2.14 bits per heavy atom. The van der Waals surface area contributed by atoms with Crippen LogP contribution in [0.4, 0.5) is 10.2 Å². The molecule has 0 saturated heterocycles. The van der Waals surface area contributed by atoms with E-state index in [0.717, 1.165) is 0 Å². The van der Waals surface area contributed by atoms with Gasteiger partial charge in [-0.1, -0.05) is 13.0 Å². The van der Waals surface area contributed by atoms with E-state index in [1.54, 1.807) is 20.0 Å². The Kier molecular flexibility index (Phi) is 4.33. The van der Waals surface area contributed by atoms with E-state index in [1.165, 1.54) is 18.2 Å². The third kappa shape index (κ3) is 2.92. The van der Waals surface area contributed by atoms with Crippen LogP contribution in [-0.4, -0.2) is 17.0 Å². The van der Waals surface area contributed by atoms with Crippen LogP contribution in [0.2, 0.25) is 0 Å². The molecule has 1 aromatic carbocycles. The van der Waals surface area contributed by atoms with Crippen molar-refractivity contribution in [3.63, 3.8) is 0 Å². The molecule has 0 atom stereocenters. The minimum absolute atomic E-state index is 0.139. The molecule has 0 amide bonds. The summed E-state index contributed by atoms with van der Waals surface area (Å²) >= 11 is 0. The molecule has 1 aromatic heterocycles. The predicted octanol–water partition coefficient (Wildman–Crippen LogP) is 3.19. The second kappa shape index (κ2) is 6.18. The maximum absolute atomic E-state index is 13.6. The van der Waals surface area contributed by atoms with Crippen molar-refractivity contribution in [2.24, 2.45) is 0 Å². The summed E-state index contributed by atoms with van der Waals surface area (Å²) in [5.41, 5.74) is 0.558. The van der Waals surface area contributed by atoms with Gasteiger partial charge in [-0.05, 0) is 19.1 Å². The Bertz CT molecular complexity index is 710. The minimum Gasteiger partial charge on any atom is -0.437 e. The lowest BCUT2D eigenvalue weighted by atomic mass is 10.2. The van der Waals surface area contributed by atoms with Gasteiger partial charge < -0.3 is 10.1 Å². The fourth-order valence-electron chi connectivity index (χ4n) is 1.84. The highest BCUT2D eigenvalue weighted by molar-refractivity contribution is 5.51. The van der Waals surface area contributed by atoms with Crippen LogP contribution in [0.25, 0.3) is 0 Å². The van der Waals surface area contributed by atoms with Crippen molar-refractivity contribution in [1.82, 2.24) is 9.97 Å². The van der Waals surface area contributed by atoms with Gasteiger partial charge in [-0.3, -0.25) is 0 Å². The average Bonchev–Trinajstić information content (AvgIpc) is 2.49. The molecule has 2 aromatic rings. The van der Waals surface area contributed by atoms with E-state index in [4.69, 9.17) is 10.00 Å². The van der Waals surface area contributed by atoms with Crippen molar-refractivity contribution in [3.8, 4) is 17.7 Å². The first-order valence-corrected chi connectivity index (χ1v) is 6.52. The number of benzene rings is 1. The lowest BCUT2D eigenvalue weighted by Gasteiger charge is -2.13. The number of nitriles is 1. The summed E-state index contributed by atoms with van der Waals surface area (Å²) in [6, 6.07) is 6.04. The van der Waals surface area contributed by atoms with Crippen molar-refractivity contribution in [1.29, 1.82) is 5.26 Å². The van der Waals surface area contributed by atoms with E-state index < -0.39 is 5.82 Å². The number of aryl methyl sites for hydroxylation is 1. The first kappa shape index (κ1) is 14.7. The summed E-state index contributed by atoms with van der Waals surface area (Å²) in [6.07, 6.45) is 0.638. The third-order valence-electron chi connectivity index (χ3n) is 2.99. The van der Waals surface area contributed by atoms with Gasteiger partial charge >= 0.3 is 0 Å². The highest BCUT2D eigenvalue weighted by atomic mass is 19.1. The standard InChI is InChI=1S/C15H15FN4O/c1-4-13-19-14(18-3)9(2)15(20-13)21-12-7-5-6-11(16)10(12)8-17/h5-7H,4H2,1-3H3,(H,18,19,20). The Balaban J connectivity index is 2.50. The highest BCUT2D eigenvalue weighted by Gasteiger charge is 2.15. The summed E-state index contributed by atoms with van der Waals surface area (Å²) in [5.74, 6) is 1.09. The van der Waals surface area contributed by atoms with Gasteiger partial charge in [-0.2, -0.15) is 10.2 Å². The Hall–Kier alpha value is -2.68. The Morgan fingerprint density at radius 3 is 2.76 bits per heavy atom. The largest absolute Gasteiger partial charge is 0.437 e. The fourth-order valence-corrected chi connectivity index (χ4v) is 1.84. The van der Waals surface area contributed by atoms with Crippen molar-refractivity contribution in [2.45, 2.75) is 20.3 Å². The molecule has 6 heteroatoms. The zero-order valence-corrected chi connectivity index (χ0v) is 12.1. The SMILES string of the molecule is CCc1nc(NC)c(C)c(Oc2cccc(F)c2C#N)n1. The number of nitrogens with one attached hydrogen (secondary N) is 1. The second-order valence-electron chi connectivity index (χ2n) is 4.35. The average molecular weight is 286 g/mol. The monoisotopic (exact) mass is 286 g/mol. The number of aromatic nitrogens is 2. The van der Waals surface area contributed by atoms with Gasteiger partial charge in [-0.15, -0.1) is 0 Å². The molecule has 0 radical (unpaired) electrons. The van der Waals surface area contributed by atoms with E-state index in [9.17, 15) is 4.39 Å². The summed E-state index contributed by atoms with van der Waals surface area (Å²) < 4.78 is 19.2. The van der Waals surface area contributed by atoms with Crippen molar-refractivity contribution >= 4 is 5.82 Å². The van der Waals surface area contributed by atoms with Gasteiger partial charge in [0, 0.05) is 13.5 Å². The number of halogens is 1. The minimum atomic E-state index is -0.619. The molecule has 21 heavy (non-hydrogen) atoms. The molecule has 0 aliphatic carbocycles. The highest BCUT2D eigenvalue weighted by Crippen LogP contribution is 2.30. The lowest BCUT2D eigenvalue weighted by Crippen LogP contribution is -2.05. The van der Waals surface area contributed by atoms with Crippen LogP contribution in [0.1, 0.15) is 23.9 Å². The summed E-state index contributed by atoms with van der Waals surface area (Å²) in [6.45, 7) is 3.72. The molecule has 0 aliphatic rings. The fraction of sp³-hybridized carbons (Fsp3) is 0.267. The first-order chi connectivity index (χ1) is 10.1. The molecular weight excluding hydrogens is 271 g/mol. The number of rotatable bonds is 4. The van der Waals surface area contributed by atoms with E-state index in [1.807, 2.05) is 6.92 Å². The molecule has 0 unspecified atom stereocenters. The van der Waals surface area contributed by atoms with Gasteiger partial charge in [0.2, 0.25) is 5.88 Å². The van der Waals surface area contributed by atoms with E-state index in [0.29, 0.717) is 29.5 Å². The Morgan fingerprint density at radius 1 is 1.38 bits per heavy atom. The summed E-state index contributed by atoms with van der Waals surface area (Å²) in [4.78, 5) is 8.62. The van der Waals surface area contributed by atoms with Crippen LogP contribution in [0, 0.1) is 24.1 Å². The molecule has 5 nitrogen and oxygen atoms in total. The molecule has 2 rings (SSSR count). The smallest absolute Gasteiger partial charge is 0.227 e. The van der Waals surface area contributed by atoms with Crippen molar-refractivity contribution in [3.05, 3.63) is 41.0 Å². The van der Waals surface area contributed by atoms with Gasteiger partial charge in [0.05, 0.1) is 5.56 Å². The predicted molar refractivity (Wildman–Crippen MR) is 76.9 cm³/mol. The summed E-state index contributed by atoms with van der Waals surface area (Å²) in [7, 11) is 1.75. The normalized spacial score (nSPS) is 10.0. The van der Waals surface area contributed by atoms with Crippen LogP contribution in [0.15, 0.2) is 18.2 Å². The molecule has 108 valence electrons. The summed E-state index contributed by atoms with van der Waals surface area (Å²) in [5, 5.41) is 12.0. The second-order valence-corrected chi connectivity index (χ2v) is 4.35. The van der Waals surface area contributed by atoms with Crippen molar-refractivity contribution in [2.75, 3.05) is 12.4 Å². The van der Waals surface area contributed by atoms with Crippen LogP contribution >= 0.6 is 0 Å². The number of hydrogen-bond donors (Lipinski definition) is 1. The quantitative estimate of drug-likeness (QED) is 0.934. The molecule has 1 heterocycles. The molecule has 0 fully saturated rings.